The summed E-state index contributed by atoms with van der Waals surface area (Å²) < 4.78 is 5.72. The summed E-state index contributed by atoms with van der Waals surface area (Å²) in [4.78, 5) is 28.4. The topological polar surface area (TPSA) is 58.6 Å². The minimum absolute atomic E-state index is 0.0230. The summed E-state index contributed by atoms with van der Waals surface area (Å²) >= 11 is 0. The first-order valence-electron chi connectivity index (χ1n) is 10.2. The molecular weight excluding hydrogens is 340 g/mol. The average Bonchev–Trinajstić information content (AvgIpc) is 3.11. The Morgan fingerprint density at radius 3 is 2.67 bits per heavy atom. The van der Waals surface area contributed by atoms with E-state index in [2.05, 4.69) is 26.1 Å². The van der Waals surface area contributed by atoms with E-state index in [0.29, 0.717) is 19.1 Å². The molecule has 1 aromatic rings. The van der Waals surface area contributed by atoms with Gasteiger partial charge in [-0.2, -0.15) is 0 Å². The Morgan fingerprint density at radius 2 is 2.00 bits per heavy atom. The lowest BCUT2D eigenvalue weighted by Crippen LogP contribution is -2.62. The van der Waals surface area contributed by atoms with Crippen molar-refractivity contribution in [3.05, 3.63) is 30.3 Å². The quantitative estimate of drug-likeness (QED) is 0.616. The number of anilines is 1. The molecule has 1 saturated heterocycles. The first-order valence-corrected chi connectivity index (χ1v) is 10.2. The van der Waals surface area contributed by atoms with Gasteiger partial charge in [-0.15, -0.1) is 0 Å². The Morgan fingerprint density at radius 1 is 1.26 bits per heavy atom. The van der Waals surface area contributed by atoms with Gasteiger partial charge in [0.2, 0.25) is 0 Å². The highest BCUT2D eigenvalue weighted by atomic mass is 16.5. The summed E-state index contributed by atoms with van der Waals surface area (Å²) in [5.74, 6) is 0.287. The minimum Gasteiger partial charge on any atom is -0.464 e. The van der Waals surface area contributed by atoms with Gasteiger partial charge < -0.3 is 15.0 Å². The number of unbranched alkanes of at least 4 members (excludes halogenated alkanes) is 1. The number of esters is 1. The number of ether oxygens (including phenoxy) is 1. The van der Waals surface area contributed by atoms with E-state index in [1.807, 2.05) is 30.3 Å². The first-order chi connectivity index (χ1) is 12.9. The van der Waals surface area contributed by atoms with Crippen LogP contribution in [-0.2, 0) is 9.53 Å². The van der Waals surface area contributed by atoms with Crippen molar-refractivity contribution in [1.82, 2.24) is 4.90 Å². The maximum atomic E-state index is 13.4. The van der Waals surface area contributed by atoms with Crippen molar-refractivity contribution in [3.8, 4) is 0 Å². The van der Waals surface area contributed by atoms with Crippen molar-refractivity contribution in [1.29, 1.82) is 0 Å². The van der Waals surface area contributed by atoms with Crippen molar-refractivity contribution < 1.29 is 14.3 Å². The van der Waals surface area contributed by atoms with Gasteiger partial charge in [0, 0.05) is 17.6 Å². The molecule has 0 unspecified atom stereocenters. The van der Waals surface area contributed by atoms with Crippen molar-refractivity contribution >= 4 is 17.7 Å². The number of urea groups is 1. The molecule has 3 fully saturated rings. The number of rotatable bonds is 5. The first kappa shape index (κ1) is 18.3. The second kappa shape index (κ2) is 6.25. The molecule has 1 heterocycles. The fourth-order valence-corrected chi connectivity index (χ4v) is 6.09. The number of nitrogens with one attached hydrogen (secondary N) is 1. The Labute approximate surface area is 161 Å². The number of nitrogens with zero attached hydrogens (tertiary/aromatic N) is 1. The molecule has 5 heteroatoms. The smallest absolute Gasteiger partial charge is 0.332 e. The van der Waals surface area contributed by atoms with Crippen LogP contribution in [0.4, 0.5) is 10.5 Å². The number of carbonyl (C=O) groups is 2. The molecule has 4 atom stereocenters. The van der Waals surface area contributed by atoms with Gasteiger partial charge in [-0.3, -0.25) is 0 Å². The number of likely N-dealkylation sites (tertiary alicyclic amines) is 1. The molecule has 0 radical (unpaired) electrons. The molecule has 2 amide bonds. The second-order valence-electron chi connectivity index (χ2n) is 8.92. The Kier molecular flexibility index (Phi) is 4.24. The molecule has 4 bridgehead atoms. The number of benzene rings is 1. The zero-order chi connectivity index (χ0) is 19.3. The van der Waals surface area contributed by atoms with E-state index in [4.69, 9.17) is 4.74 Å². The molecule has 3 aliphatic rings. The van der Waals surface area contributed by atoms with Crippen LogP contribution in [0.1, 0.15) is 52.9 Å². The highest BCUT2D eigenvalue weighted by Gasteiger charge is 2.81. The molecular formula is C22H30N2O3. The van der Waals surface area contributed by atoms with Gasteiger partial charge in [0.05, 0.1) is 6.61 Å². The number of piperidine rings is 1. The Hall–Kier alpha value is -2.04. The number of hydrogen-bond acceptors (Lipinski definition) is 3. The SMILES string of the molecule is CCCCOC(=O)[C@@]12C[C@H]3CC[C@@]1(C)[C@@]3(C)CN2C(=O)Nc1ccccc1. The molecule has 2 saturated carbocycles. The van der Waals surface area contributed by atoms with Gasteiger partial charge in [-0.1, -0.05) is 45.4 Å². The summed E-state index contributed by atoms with van der Waals surface area (Å²) in [6.45, 7) is 7.61. The highest BCUT2D eigenvalue weighted by Crippen LogP contribution is 2.76. The standard InChI is InChI=1S/C22H30N2O3/c1-4-5-13-27-18(25)22-14-16-11-12-21(22,3)20(16,2)15-24(22)19(26)23-17-9-7-6-8-10-17/h6-10,16H,4-5,11-15H2,1-3H3,(H,23,26)/t16-,20+,21+,22+/m1/s1. The van der Waals surface area contributed by atoms with Crippen LogP contribution in [0.25, 0.3) is 0 Å². The van der Waals surface area contributed by atoms with Crippen molar-refractivity contribution in [2.75, 3.05) is 18.5 Å². The third-order valence-electron chi connectivity index (χ3n) is 7.90. The van der Waals surface area contributed by atoms with E-state index in [1.54, 1.807) is 4.90 Å². The third kappa shape index (κ3) is 2.29. The van der Waals surface area contributed by atoms with Gasteiger partial charge in [0.1, 0.15) is 5.54 Å². The van der Waals surface area contributed by atoms with E-state index < -0.39 is 5.54 Å². The fraction of sp³-hybridized carbons (Fsp3) is 0.636. The Balaban J connectivity index is 1.65. The Bertz CT molecular complexity index is 751. The average molecular weight is 370 g/mol. The molecule has 1 N–H and O–H groups in total. The van der Waals surface area contributed by atoms with Crippen LogP contribution in [0.3, 0.4) is 0 Å². The summed E-state index contributed by atoms with van der Waals surface area (Å²) in [6, 6.07) is 9.25. The summed E-state index contributed by atoms with van der Waals surface area (Å²) in [5, 5.41) is 2.99. The predicted octanol–water partition coefficient (Wildman–Crippen LogP) is 4.44. The largest absolute Gasteiger partial charge is 0.464 e. The van der Waals surface area contributed by atoms with E-state index >= 15 is 0 Å². The van der Waals surface area contributed by atoms with E-state index in [-0.39, 0.29) is 22.8 Å². The normalized spacial score (nSPS) is 36.1. The van der Waals surface area contributed by atoms with Crippen LogP contribution >= 0.6 is 0 Å². The third-order valence-corrected chi connectivity index (χ3v) is 7.90. The van der Waals surface area contributed by atoms with E-state index in [0.717, 1.165) is 37.8 Å². The van der Waals surface area contributed by atoms with Crippen LogP contribution in [-0.4, -0.2) is 35.6 Å². The zero-order valence-electron chi connectivity index (χ0n) is 16.6. The lowest BCUT2D eigenvalue weighted by molar-refractivity contribution is -0.162. The lowest BCUT2D eigenvalue weighted by Gasteiger charge is -2.45. The summed E-state index contributed by atoms with van der Waals surface area (Å²) in [7, 11) is 0. The van der Waals surface area contributed by atoms with Crippen LogP contribution in [0.5, 0.6) is 0 Å². The monoisotopic (exact) mass is 370 g/mol. The number of carbonyl (C=O) groups excluding carboxylic acids is 2. The highest BCUT2D eigenvalue weighted by molar-refractivity contribution is 5.96. The number of amides is 2. The molecule has 5 nitrogen and oxygen atoms in total. The summed E-state index contributed by atoms with van der Waals surface area (Å²) in [5.41, 5.74) is -0.329. The summed E-state index contributed by atoms with van der Waals surface area (Å²) in [6.07, 6.45) is 4.69. The number of hydrogen-bond donors (Lipinski definition) is 1. The molecule has 0 aromatic heterocycles. The predicted molar refractivity (Wildman–Crippen MR) is 104 cm³/mol. The van der Waals surface area contributed by atoms with Crippen LogP contribution in [0, 0.1) is 16.7 Å². The molecule has 1 aliphatic heterocycles. The molecule has 146 valence electrons. The van der Waals surface area contributed by atoms with Crippen molar-refractivity contribution in [2.45, 2.75) is 58.4 Å². The zero-order valence-corrected chi connectivity index (χ0v) is 16.6. The second-order valence-corrected chi connectivity index (χ2v) is 8.92. The molecule has 27 heavy (non-hydrogen) atoms. The molecule has 0 spiro atoms. The van der Waals surface area contributed by atoms with Crippen molar-refractivity contribution in [3.63, 3.8) is 0 Å². The molecule has 4 rings (SSSR count). The maximum Gasteiger partial charge on any atom is 0.332 e. The van der Waals surface area contributed by atoms with Gasteiger partial charge in [-0.25, -0.2) is 9.59 Å². The van der Waals surface area contributed by atoms with E-state index in [9.17, 15) is 9.59 Å². The lowest BCUT2D eigenvalue weighted by atomic mass is 9.65. The van der Waals surface area contributed by atoms with Gasteiger partial charge in [0.25, 0.3) is 0 Å². The van der Waals surface area contributed by atoms with Crippen LogP contribution in [0.15, 0.2) is 30.3 Å². The van der Waals surface area contributed by atoms with Gasteiger partial charge in [-0.05, 0) is 49.1 Å². The van der Waals surface area contributed by atoms with Crippen LogP contribution < -0.4 is 5.32 Å². The maximum absolute atomic E-state index is 13.4. The van der Waals surface area contributed by atoms with Gasteiger partial charge >= 0.3 is 12.0 Å². The van der Waals surface area contributed by atoms with Gasteiger partial charge in [0.15, 0.2) is 0 Å². The van der Waals surface area contributed by atoms with Crippen molar-refractivity contribution in [2.24, 2.45) is 16.7 Å². The molecule has 1 aromatic carbocycles. The minimum atomic E-state index is -0.836. The van der Waals surface area contributed by atoms with E-state index in [1.165, 1.54) is 0 Å². The number of para-hydroxylation sites is 1. The molecule has 2 aliphatic carbocycles. The van der Waals surface area contributed by atoms with Crippen LogP contribution in [0.2, 0.25) is 0 Å². The fourth-order valence-electron chi connectivity index (χ4n) is 6.09.